The first-order valence-electron chi connectivity index (χ1n) is 7.35. The molecule has 2 rings (SSSR count). The molecule has 6 heteroatoms. The molecule has 22 heavy (non-hydrogen) atoms. The van der Waals surface area contributed by atoms with Crippen LogP contribution in [-0.4, -0.2) is 37.5 Å². The van der Waals surface area contributed by atoms with Gasteiger partial charge >= 0.3 is 0 Å². The first-order chi connectivity index (χ1) is 10.6. The predicted octanol–water partition coefficient (Wildman–Crippen LogP) is 2.78. The van der Waals surface area contributed by atoms with Gasteiger partial charge < -0.3 is 14.5 Å². The summed E-state index contributed by atoms with van der Waals surface area (Å²) < 4.78 is 5.68. The van der Waals surface area contributed by atoms with Gasteiger partial charge in [-0.05, 0) is 32.0 Å². The summed E-state index contributed by atoms with van der Waals surface area (Å²) in [5.41, 5.74) is 1.72. The van der Waals surface area contributed by atoms with Gasteiger partial charge in [0.25, 0.3) is 0 Å². The number of benzene rings is 1. The minimum atomic E-state index is -0.204. The van der Waals surface area contributed by atoms with Crippen molar-refractivity contribution < 1.29 is 9.53 Å². The maximum Gasteiger partial charge on any atom is 0.241 e. The molecule has 5 nitrogen and oxygen atoms in total. The molecule has 0 spiro atoms. The Morgan fingerprint density at radius 3 is 2.95 bits per heavy atom. The van der Waals surface area contributed by atoms with Crippen LogP contribution in [0.5, 0.6) is 5.75 Å². The Hall–Kier alpha value is -1.93. The van der Waals surface area contributed by atoms with Gasteiger partial charge in [0, 0.05) is 18.3 Å². The van der Waals surface area contributed by atoms with Crippen molar-refractivity contribution >= 4 is 28.9 Å². The highest BCUT2D eigenvalue weighted by Crippen LogP contribution is 2.36. The molecule has 0 aromatic heterocycles. The topological polar surface area (TPSA) is 56.6 Å². The highest BCUT2D eigenvalue weighted by Gasteiger charge is 2.23. The molecule has 118 valence electrons. The van der Waals surface area contributed by atoms with E-state index in [0.29, 0.717) is 19.2 Å². The fourth-order valence-corrected chi connectivity index (χ4v) is 2.71. The van der Waals surface area contributed by atoms with Crippen molar-refractivity contribution in [2.75, 3.05) is 35.4 Å². The zero-order valence-corrected chi connectivity index (χ0v) is 13.6. The van der Waals surface area contributed by atoms with E-state index < -0.39 is 0 Å². The summed E-state index contributed by atoms with van der Waals surface area (Å²) in [6.45, 7) is 6.06. The largest absolute Gasteiger partial charge is 0.490 e. The number of amides is 1. The monoisotopic (exact) mass is 321 g/mol. The molecule has 0 saturated carbocycles. The zero-order valence-electron chi connectivity index (χ0n) is 12.9. The van der Waals surface area contributed by atoms with Crippen molar-refractivity contribution in [3.8, 4) is 11.8 Å². The Balaban J connectivity index is 2.36. The number of nitrogens with zero attached hydrogens (tertiary/aromatic N) is 3. The van der Waals surface area contributed by atoms with E-state index in [1.54, 1.807) is 4.90 Å². The summed E-state index contributed by atoms with van der Waals surface area (Å²) in [7, 11) is 0. The van der Waals surface area contributed by atoms with Crippen LogP contribution in [0.25, 0.3) is 0 Å². The summed E-state index contributed by atoms with van der Waals surface area (Å²) in [4.78, 5) is 15.8. The van der Waals surface area contributed by atoms with Crippen molar-refractivity contribution in [1.82, 2.24) is 0 Å². The molecular formula is C16H20ClN3O2. The first kappa shape index (κ1) is 16.4. The molecule has 0 saturated heterocycles. The maximum atomic E-state index is 12.0. The van der Waals surface area contributed by atoms with Crippen LogP contribution in [0.3, 0.4) is 0 Å². The number of fused-ring (bicyclic) bond motifs is 1. The third-order valence-electron chi connectivity index (χ3n) is 3.64. The predicted molar refractivity (Wildman–Crippen MR) is 87.7 cm³/mol. The number of hydrogen-bond donors (Lipinski definition) is 0. The maximum absolute atomic E-state index is 12.0. The smallest absolute Gasteiger partial charge is 0.241 e. The number of anilines is 2. The van der Waals surface area contributed by atoms with Crippen LogP contribution < -0.4 is 14.5 Å². The van der Waals surface area contributed by atoms with E-state index in [9.17, 15) is 4.79 Å². The second-order valence-electron chi connectivity index (χ2n) is 5.37. The summed E-state index contributed by atoms with van der Waals surface area (Å²) in [5, 5.41) is 8.77. The summed E-state index contributed by atoms with van der Waals surface area (Å²) in [6, 6.07) is 8.06. The molecule has 1 aliphatic heterocycles. The second-order valence-corrected chi connectivity index (χ2v) is 5.64. The van der Waals surface area contributed by atoms with Crippen molar-refractivity contribution in [3.63, 3.8) is 0 Å². The van der Waals surface area contributed by atoms with Gasteiger partial charge in [0.15, 0.2) is 0 Å². The molecule has 1 aliphatic rings. The Morgan fingerprint density at radius 2 is 2.32 bits per heavy atom. The Bertz CT molecular complexity index is 583. The van der Waals surface area contributed by atoms with Crippen LogP contribution in [0.4, 0.5) is 11.4 Å². The van der Waals surface area contributed by atoms with E-state index in [1.807, 2.05) is 18.2 Å². The van der Waals surface area contributed by atoms with Gasteiger partial charge in [-0.2, -0.15) is 5.26 Å². The summed E-state index contributed by atoms with van der Waals surface area (Å²) in [6.07, 6.45) is 0.268. The van der Waals surface area contributed by atoms with Crippen LogP contribution in [0.15, 0.2) is 18.2 Å². The fourth-order valence-electron chi connectivity index (χ4n) is 2.56. The van der Waals surface area contributed by atoms with E-state index in [2.05, 4.69) is 24.8 Å². The second kappa shape index (κ2) is 7.37. The van der Waals surface area contributed by atoms with E-state index >= 15 is 0 Å². The molecule has 0 N–H and O–H groups in total. The number of halogens is 1. The first-order valence-corrected chi connectivity index (χ1v) is 7.88. The Labute approximate surface area is 136 Å². The number of ether oxygens (including phenoxy) is 1. The van der Waals surface area contributed by atoms with Crippen molar-refractivity contribution in [2.24, 2.45) is 0 Å². The number of hydrogen-bond acceptors (Lipinski definition) is 4. The molecule has 1 heterocycles. The Morgan fingerprint density at radius 1 is 1.55 bits per heavy atom. The molecule has 0 atom stereocenters. The number of nitriles is 1. The minimum Gasteiger partial charge on any atom is -0.490 e. The Kier molecular flexibility index (Phi) is 5.51. The van der Waals surface area contributed by atoms with E-state index in [-0.39, 0.29) is 18.2 Å². The molecule has 1 amide bonds. The number of carbonyl (C=O) groups is 1. The highest BCUT2D eigenvalue weighted by molar-refractivity contribution is 6.29. The van der Waals surface area contributed by atoms with Gasteiger partial charge in [-0.1, -0.05) is 0 Å². The lowest BCUT2D eigenvalue weighted by Gasteiger charge is -2.35. The van der Waals surface area contributed by atoms with Gasteiger partial charge in [0.05, 0.1) is 24.7 Å². The molecule has 0 aliphatic carbocycles. The zero-order chi connectivity index (χ0) is 16.1. The molecular weight excluding hydrogens is 302 g/mol. The van der Waals surface area contributed by atoms with Crippen molar-refractivity contribution in [1.29, 1.82) is 5.26 Å². The normalized spacial score (nSPS) is 13.3. The molecule has 0 bridgehead atoms. The third-order valence-corrected chi connectivity index (χ3v) is 3.87. The lowest BCUT2D eigenvalue weighted by Crippen LogP contribution is -2.38. The number of rotatable bonds is 5. The van der Waals surface area contributed by atoms with Crippen molar-refractivity contribution in [2.45, 2.75) is 26.3 Å². The van der Waals surface area contributed by atoms with Gasteiger partial charge in [0.1, 0.15) is 18.2 Å². The van der Waals surface area contributed by atoms with Crippen LogP contribution >= 0.6 is 11.6 Å². The van der Waals surface area contributed by atoms with Crippen LogP contribution in [0.2, 0.25) is 0 Å². The average molecular weight is 322 g/mol. The van der Waals surface area contributed by atoms with Crippen molar-refractivity contribution in [3.05, 3.63) is 18.2 Å². The van der Waals surface area contributed by atoms with Gasteiger partial charge in [-0.25, -0.2) is 0 Å². The van der Waals surface area contributed by atoms with Gasteiger partial charge in [-0.15, -0.1) is 11.6 Å². The average Bonchev–Trinajstić information content (AvgIpc) is 2.53. The highest BCUT2D eigenvalue weighted by atomic mass is 35.5. The van der Waals surface area contributed by atoms with Gasteiger partial charge in [0.2, 0.25) is 5.91 Å². The fraction of sp³-hybridized carbons (Fsp3) is 0.500. The quantitative estimate of drug-likeness (QED) is 0.782. The molecule has 1 aromatic rings. The third kappa shape index (κ3) is 3.45. The minimum absolute atomic E-state index is 0.104. The summed E-state index contributed by atoms with van der Waals surface area (Å²) >= 11 is 5.69. The summed E-state index contributed by atoms with van der Waals surface area (Å²) in [5.74, 6) is 0.513. The number of alkyl halides is 1. The molecule has 0 fully saturated rings. The SMILES string of the molecule is CC(C)N1CCOc2ccc(N(CCC#N)C(=O)CCl)cc21. The van der Waals surface area contributed by atoms with Crippen LogP contribution in [0, 0.1) is 11.3 Å². The van der Waals surface area contributed by atoms with E-state index in [1.165, 1.54) is 0 Å². The molecule has 0 radical (unpaired) electrons. The van der Waals surface area contributed by atoms with E-state index in [4.69, 9.17) is 21.6 Å². The molecule has 1 aromatic carbocycles. The standard InChI is InChI=1S/C16H20ClN3O2/c1-12(2)19-8-9-22-15-5-4-13(10-14(15)19)20(7-3-6-18)16(21)11-17/h4-5,10,12H,3,7-9,11H2,1-2H3. The lowest BCUT2D eigenvalue weighted by molar-refractivity contribution is -0.116. The van der Waals surface area contributed by atoms with Gasteiger partial charge in [-0.3, -0.25) is 4.79 Å². The van der Waals surface area contributed by atoms with Crippen LogP contribution in [0.1, 0.15) is 20.3 Å². The van der Waals surface area contributed by atoms with E-state index in [0.717, 1.165) is 23.7 Å². The lowest BCUT2D eigenvalue weighted by atomic mass is 10.1. The number of carbonyl (C=O) groups excluding carboxylic acids is 1. The van der Waals surface area contributed by atoms with Crippen LogP contribution in [-0.2, 0) is 4.79 Å². The molecule has 0 unspecified atom stereocenters.